The molecule has 1 unspecified atom stereocenters. The summed E-state index contributed by atoms with van der Waals surface area (Å²) < 4.78 is 4.97. The number of benzene rings is 1. The fourth-order valence-corrected chi connectivity index (χ4v) is 1.83. The van der Waals surface area contributed by atoms with Crippen molar-refractivity contribution in [1.82, 2.24) is 0 Å². The lowest BCUT2D eigenvalue weighted by Gasteiger charge is -2.22. The first kappa shape index (κ1) is 12.7. The summed E-state index contributed by atoms with van der Waals surface area (Å²) in [6.07, 6.45) is 0.147. The van der Waals surface area contributed by atoms with Crippen molar-refractivity contribution in [2.75, 3.05) is 6.61 Å². The van der Waals surface area contributed by atoms with E-state index in [9.17, 15) is 9.90 Å². The predicted octanol–water partition coefficient (Wildman–Crippen LogP) is 0.211. The second-order valence-electron chi connectivity index (χ2n) is 4.49. The minimum atomic E-state index is -1.40. The van der Waals surface area contributed by atoms with E-state index in [-0.39, 0.29) is 17.9 Å². The Hall–Kier alpha value is -1.79. The average Bonchev–Trinajstić information content (AvgIpc) is 3.14. The van der Waals surface area contributed by atoms with E-state index in [1.165, 1.54) is 12.1 Å². The van der Waals surface area contributed by atoms with Gasteiger partial charge in [-0.05, 0) is 30.5 Å². The van der Waals surface area contributed by atoms with Crippen LogP contribution in [0.2, 0.25) is 0 Å². The number of nitrogens with two attached hydrogens (primary N) is 1. The number of aryl methyl sites for hydroxylation is 1. The van der Waals surface area contributed by atoms with Gasteiger partial charge in [0.2, 0.25) is 0 Å². The molecule has 1 fully saturated rings. The fraction of sp³-hybridized carbons (Fsp3) is 0.417. The van der Waals surface area contributed by atoms with Crippen LogP contribution in [-0.4, -0.2) is 39.5 Å². The Kier molecular flexibility index (Phi) is 3.14. The van der Waals surface area contributed by atoms with Gasteiger partial charge in [0.25, 0.3) is 0 Å². The van der Waals surface area contributed by atoms with Gasteiger partial charge in [0.1, 0.15) is 11.6 Å². The number of aromatic hydroxyl groups is 2. The molecule has 1 aliphatic heterocycles. The van der Waals surface area contributed by atoms with E-state index in [0.717, 1.165) is 0 Å². The molecule has 0 aromatic heterocycles. The molecular formula is C12H15NO5. The van der Waals surface area contributed by atoms with E-state index >= 15 is 0 Å². The lowest BCUT2D eigenvalue weighted by atomic mass is 9.89. The van der Waals surface area contributed by atoms with Gasteiger partial charge >= 0.3 is 5.97 Å². The first-order valence-corrected chi connectivity index (χ1v) is 5.58. The number of phenols is 2. The van der Waals surface area contributed by atoms with Gasteiger partial charge in [-0.1, -0.05) is 6.07 Å². The van der Waals surface area contributed by atoms with Crippen molar-refractivity contribution < 1.29 is 24.9 Å². The number of carboxylic acids is 1. The van der Waals surface area contributed by atoms with E-state index in [0.29, 0.717) is 18.6 Å². The molecule has 0 aliphatic carbocycles. The summed E-state index contributed by atoms with van der Waals surface area (Å²) in [5.74, 6) is -1.53. The second kappa shape index (κ2) is 4.47. The maximum absolute atomic E-state index is 11.2. The molecule has 2 atom stereocenters. The number of carboxylic acid groups (broad SMARTS) is 1. The lowest BCUT2D eigenvalue weighted by molar-refractivity contribution is -0.144. The zero-order chi connectivity index (χ0) is 13.3. The summed E-state index contributed by atoms with van der Waals surface area (Å²) in [5, 5.41) is 27.6. The van der Waals surface area contributed by atoms with Crippen LogP contribution in [0.4, 0.5) is 0 Å². The van der Waals surface area contributed by atoms with Crippen LogP contribution < -0.4 is 5.73 Å². The van der Waals surface area contributed by atoms with Crippen LogP contribution >= 0.6 is 0 Å². The maximum Gasteiger partial charge on any atom is 0.326 e. The van der Waals surface area contributed by atoms with Crippen molar-refractivity contribution >= 4 is 5.97 Å². The lowest BCUT2D eigenvalue weighted by Crippen LogP contribution is -2.53. The number of carbonyl (C=O) groups is 1. The van der Waals surface area contributed by atoms with Crippen molar-refractivity contribution in [3.05, 3.63) is 23.8 Å². The number of phenolic OH excluding ortho intramolecular Hbond substituents is 2. The highest BCUT2D eigenvalue weighted by atomic mass is 16.6. The molecule has 1 saturated heterocycles. The second-order valence-corrected chi connectivity index (χ2v) is 4.49. The number of rotatable bonds is 5. The highest BCUT2D eigenvalue weighted by Gasteiger charge is 2.49. The van der Waals surface area contributed by atoms with Gasteiger partial charge < -0.3 is 25.8 Å². The third kappa shape index (κ3) is 2.39. The van der Waals surface area contributed by atoms with Crippen LogP contribution in [0.1, 0.15) is 12.0 Å². The number of ether oxygens (including phenoxy) is 1. The Morgan fingerprint density at radius 2 is 2.11 bits per heavy atom. The predicted molar refractivity (Wildman–Crippen MR) is 62.4 cm³/mol. The van der Waals surface area contributed by atoms with E-state index < -0.39 is 17.6 Å². The standard InChI is InChI=1S/C12H15NO5/c13-12(11(16)17,10-6-18-10)4-3-7-1-2-8(14)9(15)5-7/h1-2,5,10,14-15H,3-4,6,13H2,(H,16,17)/t10?,12-/m1/s1. The third-order valence-corrected chi connectivity index (χ3v) is 3.17. The number of hydrogen-bond acceptors (Lipinski definition) is 5. The molecule has 6 nitrogen and oxygen atoms in total. The molecular weight excluding hydrogens is 238 g/mol. The van der Waals surface area contributed by atoms with Crippen LogP contribution in [-0.2, 0) is 16.0 Å². The molecule has 0 saturated carbocycles. The molecule has 0 radical (unpaired) electrons. The Labute approximate surface area is 104 Å². The molecule has 1 aromatic rings. The molecule has 0 spiro atoms. The van der Waals surface area contributed by atoms with Crippen molar-refractivity contribution in [2.24, 2.45) is 5.73 Å². The minimum absolute atomic E-state index is 0.206. The number of epoxide rings is 1. The fourth-order valence-electron chi connectivity index (χ4n) is 1.83. The van der Waals surface area contributed by atoms with E-state index in [4.69, 9.17) is 20.7 Å². The first-order valence-electron chi connectivity index (χ1n) is 5.58. The highest BCUT2D eigenvalue weighted by molar-refractivity contribution is 5.80. The van der Waals surface area contributed by atoms with Gasteiger partial charge in [-0.3, -0.25) is 4.79 Å². The van der Waals surface area contributed by atoms with E-state index in [1.54, 1.807) is 6.07 Å². The summed E-state index contributed by atoms with van der Waals surface area (Å²) in [7, 11) is 0. The monoisotopic (exact) mass is 253 g/mol. The van der Waals surface area contributed by atoms with E-state index in [2.05, 4.69) is 0 Å². The van der Waals surface area contributed by atoms with Crippen LogP contribution in [0.25, 0.3) is 0 Å². The van der Waals surface area contributed by atoms with Gasteiger partial charge in [-0.25, -0.2) is 0 Å². The van der Waals surface area contributed by atoms with Crippen molar-refractivity contribution in [1.29, 1.82) is 0 Å². The topological polar surface area (TPSA) is 116 Å². The zero-order valence-corrected chi connectivity index (χ0v) is 9.67. The van der Waals surface area contributed by atoms with Gasteiger partial charge in [0.15, 0.2) is 11.5 Å². The summed E-state index contributed by atoms with van der Waals surface area (Å²) >= 11 is 0. The number of hydrogen-bond donors (Lipinski definition) is 4. The summed E-state index contributed by atoms with van der Waals surface area (Å²) in [6, 6.07) is 4.37. The van der Waals surface area contributed by atoms with Gasteiger partial charge in [0.05, 0.1) is 6.61 Å². The van der Waals surface area contributed by atoms with Gasteiger partial charge in [-0.15, -0.1) is 0 Å². The van der Waals surface area contributed by atoms with Crippen LogP contribution in [0.3, 0.4) is 0 Å². The molecule has 1 heterocycles. The molecule has 0 bridgehead atoms. The zero-order valence-electron chi connectivity index (χ0n) is 9.67. The molecule has 98 valence electrons. The van der Waals surface area contributed by atoms with Gasteiger partial charge in [-0.2, -0.15) is 0 Å². The Morgan fingerprint density at radius 3 is 2.61 bits per heavy atom. The van der Waals surface area contributed by atoms with Crippen LogP contribution in [0.15, 0.2) is 18.2 Å². The third-order valence-electron chi connectivity index (χ3n) is 3.17. The smallest absolute Gasteiger partial charge is 0.326 e. The number of aliphatic carboxylic acids is 1. The Balaban J connectivity index is 2.05. The van der Waals surface area contributed by atoms with Crippen molar-refractivity contribution in [3.8, 4) is 11.5 Å². The molecule has 18 heavy (non-hydrogen) atoms. The Morgan fingerprint density at radius 1 is 1.44 bits per heavy atom. The van der Waals surface area contributed by atoms with Crippen molar-refractivity contribution in [2.45, 2.75) is 24.5 Å². The molecule has 6 heteroatoms. The molecule has 1 aromatic carbocycles. The molecule has 1 aliphatic rings. The summed E-state index contributed by atoms with van der Waals surface area (Å²) in [5.41, 5.74) is 5.14. The maximum atomic E-state index is 11.2. The molecule has 5 N–H and O–H groups in total. The van der Waals surface area contributed by atoms with E-state index in [1.807, 2.05) is 0 Å². The Bertz CT molecular complexity index is 472. The normalized spacial score (nSPS) is 21.3. The quantitative estimate of drug-likeness (QED) is 0.440. The minimum Gasteiger partial charge on any atom is -0.504 e. The largest absolute Gasteiger partial charge is 0.504 e. The van der Waals surface area contributed by atoms with Crippen LogP contribution in [0.5, 0.6) is 11.5 Å². The van der Waals surface area contributed by atoms with Gasteiger partial charge in [0, 0.05) is 0 Å². The highest BCUT2D eigenvalue weighted by Crippen LogP contribution is 2.29. The molecule has 0 amide bonds. The first-order chi connectivity index (χ1) is 8.43. The SMILES string of the molecule is N[C@@](CCc1ccc(O)c(O)c1)(C(=O)O)C1CO1. The average molecular weight is 253 g/mol. The van der Waals surface area contributed by atoms with Crippen molar-refractivity contribution in [3.63, 3.8) is 0 Å². The molecule has 2 rings (SSSR count). The van der Waals surface area contributed by atoms with Crippen LogP contribution in [0, 0.1) is 0 Å². The summed E-state index contributed by atoms with van der Waals surface area (Å²) in [4.78, 5) is 11.2. The summed E-state index contributed by atoms with van der Waals surface area (Å²) in [6.45, 7) is 0.365.